The van der Waals surface area contributed by atoms with Crippen LogP contribution < -0.4 is 0 Å². The van der Waals surface area contributed by atoms with Crippen molar-refractivity contribution in [2.24, 2.45) is 11.8 Å². The van der Waals surface area contributed by atoms with Crippen LogP contribution in [-0.2, 0) is 9.47 Å². The quantitative estimate of drug-likeness (QED) is 0.616. The predicted molar refractivity (Wildman–Crippen MR) is 99.1 cm³/mol. The zero-order valence-electron chi connectivity index (χ0n) is 15.5. The Hall–Kier alpha value is -0.860. The highest BCUT2D eigenvalue weighted by Crippen LogP contribution is 2.38. The Labute approximate surface area is 147 Å². The smallest absolute Gasteiger partial charge is 0.183 e. The largest absolute Gasteiger partial charge is 0.348 e. The Kier molecular flexibility index (Phi) is 6.74. The molecule has 2 fully saturated rings. The molecule has 0 unspecified atom stereocenters. The molecule has 1 aliphatic heterocycles. The van der Waals surface area contributed by atoms with Crippen LogP contribution in [0.2, 0.25) is 0 Å². The minimum Gasteiger partial charge on any atom is -0.348 e. The number of rotatable bonds is 6. The first-order valence-corrected chi connectivity index (χ1v) is 10.1. The Bertz CT molecular complexity index is 420. The Balaban J connectivity index is 1.51. The predicted octanol–water partition coefficient (Wildman–Crippen LogP) is 6.22. The fourth-order valence-corrected chi connectivity index (χ4v) is 4.43. The highest BCUT2D eigenvalue weighted by Gasteiger charge is 2.24. The van der Waals surface area contributed by atoms with Crippen molar-refractivity contribution in [2.75, 3.05) is 13.2 Å². The molecule has 0 radical (unpaired) electrons. The SMILES string of the molecule is CCCC1CCC(c2ccc(C3OCC(CCC)CO3)cc2)CC1. The third kappa shape index (κ3) is 4.61. The first-order valence-electron chi connectivity index (χ1n) is 10.1. The van der Waals surface area contributed by atoms with E-state index in [4.69, 9.17) is 9.47 Å². The molecule has 24 heavy (non-hydrogen) atoms. The standard InChI is InChI=1S/C22H34O2/c1-3-5-17-7-9-19(10-8-17)20-11-13-21(14-12-20)22-23-15-18(6-4-2)16-24-22/h11-14,17-19,22H,3-10,15-16H2,1-2H3. The van der Waals surface area contributed by atoms with Crippen molar-refractivity contribution < 1.29 is 9.47 Å². The average molecular weight is 331 g/mol. The normalized spacial score (nSPS) is 31.1. The summed E-state index contributed by atoms with van der Waals surface area (Å²) in [5.74, 6) is 2.31. The van der Waals surface area contributed by atoms with Crippen LogP contribution in [0.5, 0.6) is 0 Å². The van der Waals surface area contributed by atoms with E-state index in [9.17, 15) is 0 Å². The van der Waals surface area contributed by atoms with Gasteiger partial charge in [0.2, 0.25) is 0 Å². The monoisotopic (exact) mass is 330 g/mol. The number of hydrogen-bond acceptors (Lipinski definition) is 2. The summed E-state index contributed by atoms with van der Waals surface area (Å²) < 4.78 is 11.9. The van der Waals surface area contributed by atoms with Gasteiger partial charge in [-0.3, -0.25) is 0 Å². The molecule has 1 heterocycles. The van der Waals surface area contributed by atoms with Crippen LogP contribution in [0.1, 0.15) is 88.5 Å². The summed E-state index contributed by atoms with van der Waals surface area (Å²) in [5.41, 5.74) is 2.68. The van der Waals surface area contributed by atoms with E-state index in [1.165, 1.54) is 62.5 Å². The Morgan fingerprint density at radius 2 is 1.29 bits per heavy atom. The highest BCUT2D eigenvalue weighted by atomic mass is 16.7. The van der Waals surface area contributed by atoms with Crippen molar-refractivity contribution in [2.45, 2.75) is 77.4 Å². The number of hydrogen-bond donors (Lipinski definition) is 0. The van der Waals surface area contributed by atoms with Gasteiger partial charge in [-0.25, -0.2) is 0 Å². The van der Waals surface area contributed by atoms with Gasteiger partial charge >= 0.3 is 0 Å². The molecule has 0 spiro atoms. The van der Waals surface area contributed by atoms with Crippen LogP contribution in [0.25, 0.3) is 0 Å². The third-order valence-electron chi connectivity index (χ3n) is 5.89. The van der Waals surface area contributed by atoms with Gasteiger partial charge in [0.15, 0.2) is 6.29 Å². The van der Waals surface area contributed by atoms with E-state index < -0.39 is 0 Å². The second-order valence-electron chi connectivity index (χ2n) is 7.83. The fraction of sp³-hybridized carbons (Fsp3) is 0.727. The molecule has 134 valence electrons. The molecule has 1 saturated heterocycles. The van der Waals surface area contributed by atoms with Crippen LogP contribution in [0, 0.1) is 11.8 Å². The summed E-state index contributed by atoms with van der Waals surface area (Å²) in [6, 6.07) is 9.06. The second-order valence-corrected chi connectivity index (χ2v) is 7.83. The van der Waals surface area contributed by atoms with E-state index in [0.717, 1.165) is 25.0 Å². The molecule has 1 saturated carbocycles. The molecule has 2 heteroatoms. The lowest BCUT2D eigenvalue weighted by molar-refractivity contribution is -0.206. The fourth-order valence-electron chi connectivity index (χ4n) is 4.43. The van der Waals surface area contributed by atoms with Crippen molar-refractivity contribution >= 4 is 0 Å². The van der Waals surface area contributed by atoms with Gasteiger partial charge in [-0.1, -0.05) is 57.4 Å². The number of ether oxygens (including phenoxy) is 2. The molecule has 3 rings (SSSR count). The third-order valence-corrected chi connectivity index (χ3v) is 5.89. The van der Waals surface area contributed by atoms with Gasteiger partial charge in [-0.15, -0.1) is 0 Å². The van der Waals surface area contributed by atoms with E-state index >= 15 is 0 Å². The average Bonchev–Trinajstić information content (AvgIpc) is 2.64. The summed E-state index contributed by atoms with van der Waals surface area (Å²) in [4.78, 5) is 0. The molecule has 0 aromatic heterocycles. The van der Waals surface area contributed by atoms with Crippen molar-refractivity contribution in [1.29, 1.82) is 0 Å². The number of benzene rings is 1. The minimum absolute atomic E-state index is 0.160. The van der Waals surface area contributed by atoms with E-state index in [-0.39, 0.29) is 6.29 Å². The first kappa shape index (κ1) is 17.9. The summed E-state index contributed by atoms with van der Waals surface area (Å²) in [6.07, 6.45) is 10.5. The van der Waals surface area contributed by atoms with E-state index in [1.54, 1.807) is 0 Å². The van der Waals surface area contributed by atoms with Crippen molar-refractivity contribution in [3.05, 3.63) is 35.4 Å². The van der Waals surface area contributed by atoms with Gasteiger partial charge < -0.3 is 9.47 Å². The van der Waals surface area contributed by atoms with Crippen molar-refractivity contribution in [1.82, 2.24) is 0 Å². The molecule has 1 aliphatic carbocycles. The van der Waals surface area contributed by atoms with E-state index in [0.29, 0.717) is 5.92 Å². The maximum Gasteiger partial charge on any atom is 0.183 e. The van der Waals surface area contributed by atoms with Gasteiger partial charge in [0.05, 0.1) is 13.2 Å². The van der Waals surface area contributed by atoms with Gasteiger partial charge in [0.1, 0.15) is 0 Å². The van der Waals surface area contributed by atoms with Gasteiger partial charge in [-0.05, 0) is 49.5 Å². The summed E-state index contributed by atoms with van der Waals surface area (Å²) in [7, 11) is 0. The second kappa shape index (κ2) is 9.01. The van der Waals surface area contributed by atoms with Crippen LogP contribution in [-0.4, -0.2) is 13.2 Å². The molecule has 2 nitrogen and oxygen atoms in total. The van der Waals surface area contributed by atoms with E-state index in [1.807, 2.05) is 0 Å². The molecular weight excluding hydrogens is 296 g/mol. The van der Waals surface area contributed by atoms with Gasteiger partial charge in [0, 0.05) is 11.5 Å². The molecule has 1 aromatic rings. The maximum atomic E-state index is 5.93. The Morgan fingerprint density at radius 1 is 0.750 bits per heavy atom. The summed E-state index contributed by atoms with van der Waals surface area (Å²) >= 11 is 0. The topological polar surface area (TPSA) is 18.5 Å². The molecule has 0 atom stereocenters. The van der Waals surface area contributed by atoms with Gasteiger partial charge in [0.25, 0.3) is 0 Å². The molecule has 0 amide bonds. The highest BCUT2D eigenvalue weighted by molar-refractivity contribution is 5.26. The maximum absolute atomic E-state index is 5.93. The molecule has 1 aromatic carbocycles. The van der Waals surface area contributed by atoms with Crippen LogP contribution >= 0.6 is 0 Å². The van der Waals surface area contributed by atoms with Crippen LogP contribution in [0.4, 0.5) is 0 Å². The molecule has 0 bridgehead atoms. The zero-order valence-corrected chi connectivity index (χ0v) is 15.5. The minimum atomic E-state index is -0.160. The lowest BCUT2D eigenvalue weighted by Crippen LogP contribution is -2.27. The van der Waals surface area contributed by atoms with Crippen molar-refractivity contribution in [3.63, 3.8) is 0 Å². The zero-order chi connectivity index (χ0) is 16.8. The molecular formula is C22H34O2. The van der Waals surface area contributed by atoms with Crippen molar-refractivity contribution in [3.8, 4) is 0 Å². The first-order chi connectivity index (χ1) is 11.8. The Morgan fingerprint density at radius 3 is 1.88 bits per heavy atom. The molecule has 0 N–H and O–H groups in total. The molecule has 2 aliphatic rings. The lowest BCUT2D eigenvalue weighted by atomic mass is 9.77. The summed E-state index contributed by atoms with van der Waals surface area (Å²) in [5, 5.41) is 0. The van der Waals surface area contributed by atoms with Gasteiger partial charge in [-0.2, -0.15) is 0 Å². The van der Waals surface area contributed by atoms with Crippen LogP contribution in [0.3, 0.4) is 0 Å². The van der Waals surface area contributed by atoms with Crippen LogP contribution in [0.15, 0.2) is 24.3 Å². The summed E-state index contributed by atoms with van der Waals surface area (Å²) in [6.45, 7) is 6.20. The van der Waals surface area contributed by atoms with E-state index in [2.05, 4.69) is 38.1 Å². The lowest BCUT2D eigenvalue weighted by Gasteiger charge is -2.30.